The van der Waals surface area contributed by atoms with Crippen LogP contribution in [-0.4, -0.2) is 11.5 Å². The number of aromatic nitrogens is 1. The van der Waals surface area contributed by atoms with Gasteiger partial charge >= 0.3 is 0 Å². The van der Waals surface area contributed by atoms with Crippen LogP contribution >= 0.6 is 15.9 Å². The maximum Gasteiger partial charge on any atom is 0.140 e. The van der Waals surface area contributed by atoms with Gasteiger partial charge in [-0.15, -0.1) is 0 Å². The predicted molar refractivity (Wildman–Crippen MR) is 84.8 cm³/mol. The zero-order valence-corrected chi connectivity index (χ0v) is 13.4. The van der Waals surface area contributed by atoms with E-state index < -0.39 is 0 Å². The second-order valence-electron chi connectivity index (χ2n) is 4.48. The summed E-state index contributed by atoms with van der Waals surface area (Å²) in [5.74, 6) is 0.807. The van der Waals surface area contributed by atoms with Crippen molar-refractivity contribution in [3.63, 3.8) is 0 Å². The number of ether oxygens (including phenoxy) is 1. The van der Waals surface area contributed by atoms with Crippen molar-refractivity contribution in [2.45, 2.75) is 20.1 Å². The van der Waals surface area contributed by atoms with E-state index in [1.165, 1.54) is 0 Å². The van der Waals surface area contributed by atoms with Crippen molar-refractivity contribution in [3.8, 4) is 11.8 Å². The van der Waals surface area contributed by atoms with Gasteiger partial charge in [0.15, 0.2) is 0 Å². The lowest BCUT2D eigenvalue weighted by Gasteiger charge is -2.10. The summed E-state index contributed by atoms with van der Waals surface area (Å²) in [5, 5.41) is 12.1. The number of halogens is 1. The molecule has 2 rings (SSSR count). The summed E-state index contributed by atoms with van der Waals surface area (Å²) < 4.78 is 6.84. The predicted octanol–water partition coefficient (Wildman–Crippen LogP) is 3.40. The zero-order chi connectivity index (χ0) is 15.1. The van der Waals surface area contributed by atoms with Crippen molar-refractivity contribution in [1.82, 2.24) is 10.3 Å². The molecule has 1 N–H and O–H groups in total. The molecule has 0 fully saturated rings. The van der Waals surface area contributed by atoms with E-state index in [0.717, 1.165) is 34.4 Å². The number of nitrogens with zero attached hydrogens (tertiary/aromatic N) is 2. The minimum atomic E-state index is 0.403. The van der Waals surface area contributed by atoms with E-state index in [9.17, 15) is 0 Å². The first-order valence-corrected chi connectivity index (χ1v) is 7.49. The molecule has 0 aliphatic heterocycles. The van der Waals surface area contributed by atoms with E-state index in [2.05, 4.69) is 33.2 Å². The Labute approximate surface area is 132 Å². The molecular weight excluding hydrogens is 330 g/mol. The Kier molecular flexibility index (Phi) is 5.73. The molecule has 0 amide bonds. The molecule has 1 aromatic carbocycles. The third kappa shape index (κ3) is 4.55. The lowest BCUT2D eigenvalue weighted by Crippen LogP contribution is -2.12. The Bertz CT molecular complexity index is 652. The lowest BCUT2D eigenvalue weighted by atomic mass is 10.2. The first kappa shape index (κ1) is 15.5. The molecule has 4 nitrogen and oxygen atoms in total. The fourth-order valence-electron chi connectivity index (χ4n) is 1.83. The number of benzene rings is 1. The van der Waals surface area contributed by atoms with Crippen LogP contribution in [-0.2, 0) is 13.2 Å². The molecule has 108 valence electrons. The largest absolute Gasteiger partial charge is 0.489 e. The van der Waals surface area contributed by atoms with Crippen LogP contribution in [0.3, 0.4) is 0 Å². The van der Waals surface area contributed by atoms with Crippen molar-refractivity contribution in [2.75, 3.05) is 6.54 Å². The average Bonchev–Trinajstić information content (AvgIpc) is 2.53. The zero-order valence-electron chi connectivity index (χ0n) is 11.8. The molecule has 1 heterocycles. The van der Waals surface area contributed by atoms with Crippen molar-refractivity contribution in [1.29, 1.82) is 5.26 Å². The second-order valence-corrected chi connectivity index (χ2v) is 5.34. The van der Waals surface area contributed by atoms with E-state index in [0.29, 0.717) is 12.3 Å². The van der Waals surface area contributed by atoms with E-state index in [1.54, 1.807) is 12.3 Å². The molecule has 0 radical (unpaired) electrons. The maximum atomic E-state index is 8.83. The van der Waals surface area contributed by atoms with E-state index in [1.807, 2.05) is 30.3 Å². The highest BCUT2D eigenvalue weighted by atomic mass is 79.9. The van der Waals surface area contributed by atoms with Gasteiger partial charge in [-0.25, -0.2) is 4.98 Å². The Morgan fingerprint density at radius 2 is 2.19 bits per heavy atom. The van der Waals surface area contributed by atoms with Gasteiger partial charge in [0.2, 0.25) is 0 Å². The molecule has 2 aromatic rings. The molecule has 0 saturated heterocycles. The Hall–Kier alpha value is -1.90. The fourth-order valence-corrected chi connectivity index (χ4v) is 2.21. The van der Waals surface area contributed by atoms with Gasteiger partial charge in [-0.1, -0.05) is 22.9 Å². The molecule has 5 heteroatoms. The summed E-state index contributed by atoms with van der Waals surface area (Å²) in [6.45, 7) is 4.21. The molecule has 0 aliphatic carbocycles. The van der Waals surface area contributed by atoms with Gasteiger partial charge in [-0.05, 0) is 48.0 Å². The highest BCUT2D eigenvalue weighted by Crippen LogP contribution is 2.23. The molecule has 21 heavy (non-hydrogen) atoms. The van der Waals surface area contributed by atoms with Crippen LogP contribution < -0.4 is 10.1 Å². The first-order chi connectivity index (χ1) is 10.2. The van der Waals surface area contributed by atoms with E-state index >= 15 is 0 Å². The summed E-state index contributed by atoms with van der Waals surface area (Å²) in [4.78, 5) is 3.94. The number of pyridine rings is 1. The van der Waals surface area contributed by atoms with Gasteiger partial charge in [-0.3, -0.25) is 0 Å². The Morgan fingerprint density at radius 3 is 2.95 bits per heavy atom. The molecule has 0 unspecified atom stereocenters. The van der Waals surface area contributed by atoms with Crippen LogP contribution in [0.1, 0.15) is 23.7 Å². The van der Waals surface area contributed by atoms with Crippen molar-refractivity contribution in [3.05, 3.63) is 57.8 Å². The van der Waals surface area contributed by atoms with Crippen molar-refractivity contribution >= 4 is 15.9 Å². The minimum Gasteiger partial charge on any atom is -0.489 e. The molecule has 1 aromatic heterocycles. The third-order valence-corrected chi connectivity index (χ3v) is 3.70. The smallest absolute Gasteiger partial charge is 0.140 e. The summed E-state index contributed by atoms with van der Waals surface area (Å²) in [5.41, 5.74) is 2.49. The summed E-state index contributed by atoms with van der Waals surface area (Å²) >= 11 is 3.54. The lowest BCUT2D eigenvalue weighted by molar-refractivity contribution is 0.305. The van der Waals surface area contributed by atoms with Gasteiger partial charge in [0.05, 0.1) is 0 Å². The van der Waals surface area contributed by atoms with E-state index in [-0.39, 0.29) is 0 Å². The molecule has 0 bridgehead atoms. The van der Waals surface area contributed by atoms with Gasteiger partial charge in [0.1, 0.15) is 24.1 Å². The molecule has 0 spiro atoms. The molecule has 0 aliphatic rings. The number of rotatable bonds is 6. The summed E-state index contributed by atoms with van der Waals surface area (Å²) in [6, 6.07) is 11.5. The van der Waals surface area contributed by atoms with Crippen LogP contribution in [0.4, 0.5) is 0 Å². The summed E-state index contributed by atoms with van der Waals surface area (Å²) in [7, 11) is 0. The maximum absolute atomic E-state index is 8.83. The molecule has 0 atom stereocenters. The topological polar surface area (TPSA) is 57.9 Å². The van der Waals surface area contributed by atoms with Crippen LogP contribution in [0.2, 0.25) is 0 Å². The van der Waals surface area contributed by atoms with Crippen LogP contribution in [0.25, 0.3) is 0 Å². The SMILES string of the molecule is CCNCc1cc(OCc2ccnc(C#N)c2)ccc1Br. The standard InChI is InChI=1S/C16H16BrN3O/c1-2-19-10-13-8-15(3-4-16(13)17)21-11-12-5-6-20-14(7-12)9-18/h3-8,19H,2,10-11H2,1H3. The van der Waals surface area contributed by atoms with Crippen molar-refractivity contribution in [2.24, 2.45) is 0 Å². The summed E-state index contributed by atoms with van der Waals surface area (Å²) in [6.07, 6.45) is 1.62. The monoisotopic (exact) mass is 345 g/mol. The van der Waals surface area contributed by atoms with Crippen LogP contribution in [0.5, 0.6) is 5.75 Å². The highest BCUT2D eigenvalue weighted by molar-refractivity contribution is 9.10. The number of nitrogens with one attached hydrogen (secondary N) is 1. The van der Waals surface area contributed by atoms with Gasteiger partial charge in [0, 0.05) is 17.2 Å². The second kappa shape index (κ2) is 7.77. The van der Waals surface area contributed by atoms with Gasteiger partial charge < -0.3 is 10.1 Å². The molecule has 0 saturated carbocycles. The first-order valence-electron chi connectivity index (χ1n) is 6.70. The quantitative estimate of drug-likeness (QED) is 0.871. The van der Waals surface area contributed by atoms with Gasteiger partial charge in [0.25, 0.3) is 0 Å². The fraction of sp³-hybridized carbons (Fsp3) is 0.250. The van der Waals surface area contributed by atoms with E-state index in [4.69, 9.17) is 10.00 Å². The van der Waals surface area contributed by atoms with Crippen LogP contribution in [0, 0.1) is 11.3 Å². The number of hydrogen-bond acceptors (Lipinski definition) is 4. The van der Waals surface area contributed by atoms with Crippen LogP contribution in [0.15, 0.2) is 41.0 Å². The number of hydrogen-bond donors (Lipinski definition) is 1. The number of nitriles is 1. The normalized spacial score (nSPS) is 10.1. The molecular formula is C16H16BrN3O. The highest BCUT2D eigenvalue weighted by Gasteiger charge is 2.03. The third-order valence-electron chi connectivity index (χ3n) is 2.93. The Balaban J connectivity index is 2.04. The van der Waals surface area contributed by atoms with Crippen molar-refractivity contribution < 1.29 is 4.74 Å². The minimum absolute atomic E-state index is 0.403. The average molecular weight is 346 g/mol. The van der Waals surface area contributed by atoms with Gasteiger partial charge in [-0.2, -0.15) is 5.26 Å². The Morgan fingerprint density at radius 1 is 1.33 bits per heavy atom.